The molecule has 1 fully saturated rings. The van der Waals surface area contributed by atoms with Crippen LogP contribution in [0.25, 0.3) is 0 Å². The largest absolute Gasteiger partial charge is 0.0622 e. The second-order valence-electron chi connectivity index (χ2n) is 5.67. The van der Waals surface area contributed by atoms with E-state index in [2.05, 4.69) is 45.9 Å². The summed E-state index contributed by atoms with van der Waals surface area (Å²) in [7, 11) is 0. The molecule has 2 unspecified atom stereocenters. The summed E-state index contributed by atoms with van der Waals surface area (Å²) < 4.78 is 0. The zero-order valence-corrected chi connectivity index (χ0v) is 11.1. The molecule has 0 N–H and O–H groups in total. The molecule has 3 atom stereocenters. The highest BCUT2D eigenvalue weighted by molar-refractivity contribution is 5.36. The number of hydrogen-bond donors (Lipinski definition) is 0. The lowest BCUT2D eigenvalue weighted by Gasteiger charge is -2.26. The molecule has 0 aromatic heterocycles. The van der Waals surface area contributed by atoms with Crippen molar-refractivity contribution in [3.8, 4) is 0 Å². The fourth-order valence-corrected chi connectivity index (χ4v) is 3.68. The summed E-state index contributed by atoms with van der Waals surface area (Å²) in [5, 5.41) is 0. The third-order valence-electron chi connectivity index (χ3n) is 4.57. The first-order chi connectivity index (χ1) is 7.61. The van der Waals surface area contributed by atoms with E-state index in [4.69, 9.17) is 0 Å². The Hall–Kier alpha value is -0.780. The lowest BCUT2D eigenvalue weighted by Crippen LogP contribution is -2.14. The topological polar surface area (TPSA) is 0 Å². The van der Waals surface area contributed by atoms with Crippen LogP contribution in [0.15, 0.2) is 18.2 Å². The summed E-state index contributed by atoms with van der Waals surface area (Å²) >= 11 is 0. The van der Waals surface area contributed by atoms with E-state index in [0.29, 0.717) is 0 Å². The monoisotopic (exact) mass is 216 g/mol. The number of aryl methyl sites for hydroxylation is 2. The van der Waals surface area contributed by atoms with E-state index in [0.717, 1.165) is 17.8 Å². The summed E-state index contributed by atoms with van der Waals surface area (Å²) in [5.41, 5.74) is 4.57. The minimum absolute atomic E-state index is 0.735. The lowest BCUT2D eigenvalue weighted by molar-refractivity contribution is 0.360. The summed E-state index contributed by atoms with van der Waals surface area (Å²) in [6.45, 7) is 9.39. The molecule has 0 aliphatic heterocycles. The van der Waals surface area contributed by atoms with Gasteiger partial charge in [-0.15, -0.1) is 0 Å². The molecule has 0 saturated heterocycles. The standard InChI is InChI=1S/C16H24/c1-11-7-6-10-15(11)14(4)16-12(2)8-5-9-13(16)3/h5,8-9,11,14-15H,6-7,10H2,1-4H3/t11?,14-,15?/m0/s1. The average molecular weight is 216 g/mol. The molecule has 0 amide bonds. The van der Waals surface area contributed by atoms with Crippen molar-refractivity contribution in [1.82, 2.24) is 0 Å². The Morgan fingerprint density at radius 2 is 1.75 bits per heavy atom. The second kappa shape index (κ2) is 4.61. The second-order valence-corrected chi connectivity index (χ2v) is 5.67. The predicted octanol–water partition coefficient (Wildman–Crippen LogP) is 4.84. The molecule has 1 saturated carbocycles. The minimum atomic E-state index is 0.735. The number of benzene rings is 1. The maximum atomic E-state index is 2.43. The fourth-order valence-electron chi connectivity index (χ4n) is 3.68. The Morgan fingerprint density at radius 1 is 1.12 bits per heavy atom. The molecule has 0 nitrogen and oxygen atoms in total. The maximum Gasteiger partial charge on any atom is -0.0154 e. The predicted molar refractivity (Wildman–Crippen MR) is 70.8 cm³/mol. The van der Waals surface area contributed by atoms with E-state index in [1.807, 2.05) is 0 Å². The van der Waals surface area contributed by atoms with Gasteiger partial charge in [0.15, 0.2) is 0 Å². The number of rotatable bonds is 2. The van der Waals surface area contributed by atoms with E-state index < -0.39 is 0 Å². The van der Waals surface area contributed by atoms with Crippen LogP contribution in [0.5, 0.6) is 0 Å². The molecule has 2 rings (SSSR count). The van der Waals surface area contributed by atoms with E-state index in [1.54, 1.807) is 5.56 Å². The van der Waals surface area contributed by atoms with Gasteiger partial charge in [-0.3, -0.25) is 0 Å². The van der Waals surface area contributed by atoms with Crippen molar-refractivity contribution in [2.45, 2.75) is 52.9 Å². The van der Waals surface area contributed by atoms with Crippen LogP contribution in [0.1, 0.15) is 55.7 Å². The molecular weight excluding hydrogens is 192 g/mol. The first kappa shape index (κ1) is 11.7. The molecule has 1 aromatic rings. The molecule has 1 aromatic carbocycles. The molecule has 1 aliphatic carbocycles. The number of hydrogen-bond acceptors (Lipinski definition) is 0. The Bertz CT molecular complexity index is 344. The van der Waals surface area contributed by atoms with E-state index in [9.17, 15) is 0 Å². The van der Waals surface area contributed by atoms with Crippen molar-refractivity contribution in [2.24, 2.45) is 11.8 Å². The summed E-state index contributed by atoms with van der Waals surface area (Å²) in [6.07, 6.45) is 4.29. The van der Waals surface area contributed by atoms with Crippen molar-refractivity contribution in [2.75, 3.05) is 0 Å². The zero-order valence-electron chi connectivity index (χ0n) is 11.1. The summed E-state index contributed by atoms with van der Waals surface area (Å²) in [6, 6.07) is 6.70. The first-order valence-electron chi connectivity index (χ1n) is 6.67. The minimum Gasteiger partial charge on any atom is -0.0622 e. The molecule has 0 heterocycles. The highest BCUT2D eigenvalue weighted by Gasteiger charge is 2.30. The first-order valence-corrected chi connectivity index (χ1v) is 6.67. The summed E-state index contributed by atoms with van der Waals surface area (Å²) in [4.78, 5) is 0. The smallest absolute Gasteiger partial charge is 0.0154 e. The molecule has 16 heavy (non-hydrogen) atoms. The van der Waals surface area contributed by atoms with Gasteiger partial charge in [0.25, 0.3) is 0 Å². The zero-order chi connectivity index (χ0) is 11.7. The van der Waals surface area contributed by atoms with Crippen LogP contribution in [0.4, 0.5) is 0 Å². The van der Waals surface area contributed by atoms with Gasteiger partial charge in [-0.1, -0.05) is 44.9 Å². The molecule has 0 radical (unpaired) electrons. The summed E-state index contributed by atoms with van der Waals surface area (Å²) in [5.74, 6) is 2.55. The van der Waals surface area contributed by atoms with Gasteiger partial charge < -0.3 is 0 Å². The third-order valence-corrected chi connectivity index (χ3v) is 4.57. The third kappa shape index (κ3) is 2.03. The lowest BCUT2D eigenvalue weighted by atomic mass is 9.78. The van der Waals surface area contributed by atoms with Crippen molar-refractivity contribution in [3.05, 3.63) is 34.9 Å². The van der Waals surface area contributed by atoms with Crippen molar-refractivity contribution in [3.63, 3.8) is 0 Å². The SMILES string of the molecule is Cc1cccc(C)c1[C@@H](C)C1CCCC1C. The molecule has 0 heteroatoms. The van der Waals surface area contributed by atoms with Crippen molar-refractivity contribution in [1.29, 1.82) is 0 Å². The van der Waals surface area contributed by atoms with Gasteiger partial charge >= 0.3 is 0 Å². The maximum absolute atomic E-state index is 2.43. The molecule has 0 spiro atoms. The quantitative estimate of drug-likeness (QED) is 0.663. The molecule has 88 valence electrons. The highest BCUT2D eigenvalue weighted by atomic mass is 14.3. The van der Waals surface area contributed by atoms with E-state index in [1.165, 1.54) is 30.4 Å². The van der Waals surface area contributed by atoms with Crippen LogP contribution < -0.4 is 0 Å². The Morgan fingerprint density at radius 3 is 2.25 bits per heavy atom. The van der Waals surface area contributed by atoms with Crippen LogP contribution in [0, 0.1) is 25.7 Å². The van der Waals surface area contributed by atoms with Gasteiger partial charge in [0.05, 0.1) is 0 Å². The Labute approximate surface area is 100 Å². The van der Waals surface area contributed by atoms with Crippen molar-refractivity contribution < 1.29 is 0 Å². The molecular formula is C16H24. The van der Waals surface area contributed by atoms with Gasteiger partial charge in [0.1, 0.15) is 0 Å². The highest BCUT2D eigenvalue weighted by Crippen LogP contribution is 2.42. The Kier molecular flexibility index (Phi) is 3.37. The van der Waals surface area contributed by atoms with Gasteiger partial charge in [-0.25, -0.2) is 0 Å². The molecule has 1 aliphatic rings. The average Bonchev–Trinajstić information content (AvgIpc) is 2.64. The van der Waals surface area contributed by atoms with Crippen LogP contribution in [-0.2, 0) is 0 Å². The van der Waals surface area contributed by atoms with Gasteiger partial charge in [0, 0.05) is 0 Å². The van der Waals surface area contributed by atoms with Gasteiger partial charge in [-0.2, -0.15) is 0 Å². The van der Waals surface area contributed by atoms with E-state index in [-0.39, 0.29) is 0 Å². The van der Waals surface area contributed by atoms with Crippen molar-refractivity contribution >= 4 is 0 Å². The van der Waals surface area contributed by atoms with E-state index >= 15 is 0 Å². The van der Waals surface area contributed by atoms with Crippen LogP contribution in [0.3, 0.4) is 0 Å². The van der Waals surface area contributed by atoms with Gasteiger partial charge in [0.2, 0.25) is 0 Å². The Balaban J connectivity index is 2.29. The normalized spacial score (nSPS) is 27.0. The van der Waals surface area contributed by atoms with Crippen LogP contribution in [-0.4, -0.2) is 0 Å². The molecule has 0 bridgehead atoms. The van der Waals surface area contributed by atoms with Gasteiger partial charge in [-0.05, 0) is 54.7 Å². The van der Waals surface area contributed by atoms with Crippen LogP contribution in [0.2, 0.25) is 0 Å². The van der Waals surface area contributed by atoms with Crippen LogP contribution >= 0.6 is 0 Å². The fraction of sp³-hybridized carbons (Fsp3) is 0.625.